The van der Waals surface area contributed by atoms with E-state index in [1.165, 1.54) is 16.7 Å². The molecule has 0 aliphatic carbocycles. The van der Waals surface area contributed by atoms with E-state index in [2.05, 4.69) is 39.0 Å². The molecule has 0 fully saturated rings. The lowest BCUT2D eigenvalue weighted by atomic mass is 9.91. The van der Waals surface area contributed by atoms with E-state index in [0.717, 1.165) is 52.6 Å². The lowest BCUT2D eigenvalue weighted by molar-refractivity contribution is 0.173. The molecule has 5 heteroatoms. The second-order valence-corrected chi connectivity index (χ2v) is 7.64. The summed E-state index contributed by atoms with van der Waals surface area (Å²) in [6, 6.07) is 12.1. The maximum atomic E-state index is 6.08. The average Bonchev–Trinajstić information content (AvgIpc) is 3.26. The molecule has 4 rings (SSSR count). The Balaban J connectivity index is 1.71. The average molecular weight is 420 g/mol. The van der Waals surface area contributed by atoms with Gasteiger partial charge in [0.25, 0.3) is 0 Å². The maximum Gasteiger partial charge on any atom is 0.231 e. The summed E-state index contributed by atoms with van der Waals surface area (Å²) >= 11 is 0. The molecule has 0 unspecified atom stereocenters. The number of nitrogens with zero attached hydrogens (tertiary/aromatic N) is 1. The van der Waals surface area contributed by atoms with E-state index in [9.17, 15) is 0 Å². The van der Waals surface area contributed by atoms with Gasteiger partial charge in [-0.05, 0) is 49.9 Å². The summed E-state index contributed by atoms with van der Waals surface area (Å²) in [6.07, 6.45) is 1.92. The van der Waals surface area contributed by atoms with Crippen molar-refractivity contribution < 1.29 is 18.9 Å². The molecule has 0 amide bonds. The first-order valence-electron chi connectivity index (χ1n) is 10.7. The van der Waals surface area contributed by atoms with Crippen molar-refractivity contribution in [3.63, 3.8) is 0 Å². The van der Waals surface area contributed by atoms with E-state index in [1.807, 2.05) is 25.1 Å². The van der Waals surface area contributed by atoms with Gasteiger partial charge in [0.15, 0.2) is 11.5 Å². The van der Waals surface area contributed by atoms with Crippen molar-refractivity contribution in [2.24, 2.45) is 0 Å². The summed E-state index contributed by atoms with van der Waals surface area (Å²) in [5.74, 6) is 2.99. The van der Waals surface area contributed by atoms with E-state index in [-0.39, 0.29) is 6.79 Å². The van der Waals surface area contributed by atoms with Crippen LogP contribution >= 0.6 is 0 Å². The van der Waals surface area contributed by atoms with Crippen LogP contribution in [0.4, 0.5) is 0 Å². The molecule has 0 saturated carbocycles. The molecule has 162 valence electrons. The molecule has 0 atom stereocenters. The van der Waals surface area contributed by atoms with Crippen LogP contribution < -0.4 is 18.9 Å². The van der Waals surface area contributed by atoms with Crippen LogP contribution in [0.1, 0.15) is 41.8 Å². The van der Waals surface area contributed by atoms with Gasteiger partial charge in [-0.25, -0.2) is 0 Å². The Bertz CT molecular complexity index is 1080. The molecule has 1 aliphatic rings. The van der Waals surface area contributed by atoms with Gasteiger partial charge in [0.05, 0.1) is 18.4 Å². The molecule has 5 nitrogen and oxygen atoms in total. The Morgan fingerprint density at radius 2 is 1.68 bits per heavy atom. The van der Waals surface area contributed by atoms with Crippen molar-refractivity contribution in [2.75, 3.05) is 13.9 Å². The highest BCUT2D eigenvalue weighted by Crippen LogP contribution is 2.38. The molecule has 0 saturated heterocycles. The van der Waals surface area contributed by atoms with Crippen molar-refractivity contribution in [1.29, 1.82) is 0 Å². The maximum absolute atomic E-state index is 6.08. The second kappa shape index (κ2) is 8.88. The fourth-order valence-electron chi connectivity index (χ4n) is 4.18. The quantitative estimate of drug-likeness (QED) is 0.484. The van der Waals surface area contributed by atoms with E-state index in [1.54, 1.807) is 7.11 Å². The summed E-state index contributed by atoms with van der Waals surface area (Å²) < 4.78 is 22.8. The van der Waals surface area contributed by atoms with Gasteiger partial charge in [-0.15, -0.1) is 0 Å². The zero-order valence-electron chi connectivity index (χ0n) is 18.9. The topological polar surface area (TPSA) is 49.8 Å². The van der Waals surface area contributed by atoms with Gasteiger partial charge in [0, 0.05) is 22.9 Å². The minimum Gasteiger partial charge on any atom is -0.496 e. The SMILES string of the molecule is CCc1cccc(CC)c1-c1nc(C)c(COc2ccc3c(c2)OCO3)c(OC)c1C. The third-order valence-electron chi connectivity index (χ3n) is 5.85. The third-order valence-corrected chi connectivity index (χ3v) is 5.85. The Kier molecular flexibility index (Phi) is 6.03. The highest BCUT2D eigenvalue weighted by atomic mass is 16.7. The molecule has 1 aromatic heterocycles. The summed E-state index contributed by atoms with van der Waals surface area (Å²) in [5.41, 5.74) is 7.74. The van der Waals surface area contributed by atoms with E-state index in [4.69, 9.17) is 23.9 Å². The van der Waals surface area contributed by atoms with E-state index in [0.29, 0.717) is 12.4 Å². The minimum absolute atomic E-state index is 0.245. The highest BCUT2D eigenvalue weighted by molar-refractivity contribution is 5.73. The minimum atomic E-state index is 0.245. The molecule has 31 heavy (non-hydrogen) atoms. The fourth-order valence-corrected chi connectivity index (χ4v) is 4.18. The number of aromatic nitrogens is 1. The summed E-state index contributed by atoms with van der Waals surface area (Å²) in [6.45, 7) is 9.07. The normalized spacial score (nSPS) is 12.2. The van der Waals surface area contributed by atoms with Crippen molar-refractivity contribution in [3.05, 3.63) is 64.3 Å². The Morgan fingerprint density at radius 3 is 2.35 bits per heavy atom. The number of ether oxygens (including phenoxy) is 4. The predicted octanol–water partition coefficient (Wildman–Crippen LogP) is 5.81. The van der Waals surface area contributed by atoms with E-state index < -0.39 is 0 Å². The van der Waals surface area contributed by atoms with Crippen LogP contribution in [0.5, 0.6) is 23.0 Å². The Hall–Kier alpha value is -3.21. The van der Waals surface area contributed by atoms with E-state index >= 15 is 0 Å². The van der Waals surface area contributed by atoms with Crippen LogP contribution in [0.2, 0.25) is 0 Å². The van der Waals surface area contributed by atoms with Crippen molar-refractivity contribution >= 4 is 0 Å². The number of hydrogen-bond acceptors (Lipinski definition) is 5. The van der Waals surface area contributed by atoms with Gasteiger partial charge in [-0.3, -0.25) is 4.98 Å². The number of benzene rings is 2. The lowest BCUT2D eigenvalue weighted by Gasteiger charge is -2.20. The monoisotopic (exact) mass is 419 g/mol. The van der Waals surface area contributed by atoms with Gasteiger partial charge in [-0.1, -0.05) is 32.0 Å². The second-order valence-electron chi connectivity index (χ2n) is 7.64. The number of aryl methyl sites for hydroxylation is 3. The first-order chi connectivity index (χ1) is 15.1. The largest absolute Gasteiger partial charge is 0.496 e. The molecule has 3 aromatic rings. The fraction of sp³-hybridized carbons (Fsp3) is 0.346. The highest BCUT2D eigenvalue weighted by Gasteiger charge is 2.21. The van der Waals surface area contributed by atoms with Gasteiger partial charge < -0.3 is 18.9 Å². The van der Waals surface area contributed by atoms with Crippen LogP contribution in [0.15, 0.2) is 36.4 Å². The first kappa shape index (κ1) is 21.0. The zero-order valence-corrected chi connectivity index (χ0v) is 18.9. The molecular formula is C26H29NO4. The molecule has 0 N–H and O–H groups in total. The Morgan fingerprint density at radius 1 is 0.968 bits per heavy atom. The third kappa shape index (κ3) is 3.92. The summed E-state index contributed by atoms with van der Waals surface area (Å²) in [4.78, 5) is 5.03. The number of methoxy groups -OCH3 is 1. The van der Waals surface area contributed by atoms with Crippen LogP contribution in [0.25, 0.3) is 11.3 Å². The summed E-state index contributed by atoms with van der Waals surface area (Å²) in [7, 11) is 1.71. The predicted molar refractivity (Wildman–Crippen MR) is 121 cm³/mol. The number of pyridine rings is 1. The molecule has 2 aromatic carbocycles. The number of hydrogen-bond donors (Lipinski definition) is 0. The lowest BCUT2D eigenvalue weighted by Crippen LogP contribution is -2.08. The van der Waals surface area contributed by atoms with Crippen LogP contribution in [0, 0.1) is 13.8 Å². The Labute approximate surface area is 183 Å². The van der Waals surface area contributed by atoms with Crippen LogP contribution in [-0.4, -0.2) is 18.9 Å². The van der Waals surface area contributed by atoms with Gasteiger partial charge >= 0.3 is 0 Å². The molecule has 0 radical (unpaired) electrons. The number of rotatable bonds is 7. The van der Waals surface area contributed by atoms with Crippen molar-refractivity contribution in [3.8, 4) is 34.3 Å². The van der Waals surface area contributed by atoms with Crippen LogP contribution in [-0.2, 0) is 19.4 Å². The molecule has 0 bridgehead atoms. The summed E-state index contributed by atoms with van der Waals surface area (Å²) in [5, 5.41) is 0. The van der Waals surface area contributed by atoms with Gasteiger partial charge in [-0.2, -0.15) is 0 Å². The van der Waals surface area contributed by atoms with Gasteiger partial charge in [0.1, 0.15) is 18.1 Å². The standard InChI is InChI=1S/C26H29NO4/c1-6-18-9-8-10-19(7-2)24(18)25-16(3)26(28-5)21(17(4)27-25)14-29-20-11-12-22-23(13-20)31-15-30-22/h8-13H,6-7,14-15H2,1-5H3. The number of fused-ring (bicyclic) bond motifs is 1. The van der Waals surface area contributed by atoms with Crippen molar-refractivity contribution in [2.45, 2.75) is 47.1 Å². The smallest absolute Gasteiger partial charge is 0.231 e. The van der Waals surface area contributed by atoms with Crippen LogP contribution in [0.3, 0.4) is 0 Å². The molecule has 0 spiro atoms. The van der Waals surface area contributed by atoms with Gasteiger partial charge in [0.2, 0.25) is 6.79 Å². The molecule has 1 aliphatic heterocycles. The molecular weight excluding hydrogens is 390 g/mol. The van der Waals surface area contributed by atoms with Crippen molar-refractivity contribution in [1.82, 2.24) is 4.98 Å². The zero-order chi connectivity index (χ0) is 22.0. The first-order valence-corrected chi connectivity index (χ1v) is 10.7. The molecule has 2 heterocycles.